The van der Waals surface area contributed by atoms with Gasteiger partial charge < -0.3 is 15.0 Å². The first-order valence-corrected chi connectivity index (χ1v) is 11.5. The Kier molecular flexibility index (Phi) is 5.24. The maximum atomic E-state index is 5.57. The number of hydrogen-bond acceptors (Lipinski definition) is 6. The van der Waals surface area contributed by atoms with Gasteiger partial charge >= 0.3 is 0 Å². The minimum Gasteiger partial charge on any atom is -0.373 e. The first kappa shape index (κ1) is 19.0. The Morgan fingerprint density at radius 1 is 1.21 bits per heavy atom. The van der Waals surface area contributed by atoms with Gasteiger partial charge in [0.2, 0.25) is 0 Å². The highest BCUT2D eigenvalue weighted by Gasteiger charge is 2.31. The molecule has 5 rings (SSSR count). The second kappa shape index (κ2) is 8.01. The molecule has 2 aliphatic rings. The van der Waals surface area contributed by atoms with Gasteiger partial charge in [0, 0.05) is 18.5 Å². The normalized spacial score (nSPS) is 16.9. The lowest BCUT2D eigenvalue weighted by atomic mass is 10.1. The molecule has 0 radical (unpaired) electrons. The molecule has 1 fully saturated rings. The predicted molar refractivity (Wildman–Crippen MR) is 117 cm³/mol. The van der Waals surface area contributed by atoms with Crippen molar-refractivity contribution in [2.75, 3.05) is 63.7 Å². The van der Waals surface area contributed by atoms with Crippen molar-refractivity contribution in [1.82, 2.24) is 9.97 Å². The summed E-state index contributed by atoms with van der Waals surface area (Å²) in [5.74, 6) is 2.27. The number of anilines is 2. The van der Waals surface area contributed by atoms with Gasteiger partial charge in [0.15, 0.2) is 4.83 Å². The van der Waals surface area contributed by atoms with Gasteiger partial charge in [0.05, 0.1) is 44.8 Å². The summed E-state index contributed by atoms with van der Waals surface area (Å²) in [6.07, 6.45) is 6.35. The average Bonchev–Trinajstić information content (AvgIpc) is 3.35. The lowest BCUT2D eigenvalue weighted by molar-refractivity contribution is -0.858. The number of nitrogens with one attached hydrogen (secondary N) is 3. The molecule has 3 N–H and O–H groups in total. The zero-order valence-corrected chi connectivity index (χ0v) is 18.1. The molecular formula is C21H30N6OS+2. The Morgan fingerprint density at radius 3 is 2.86 bits per heavy atom. The minimum atomic E-state index is 0.807. The van der Waals surface area contributed by atoms with E-state index in [0.29, 0.717) is 0 Å². The molecule has 4 heterocycles. The average molecular weight is 415 g/mol. The second-order valence-electron chi connectivity index (χ2n) is 8.33. The third-order valence-electron chi connectivity index (χ3n) is 5.98. The highest BCUT2D eigenvalue weighted by molar-refractivity contribution is 7.25. The molecule has 0 saturated carbocycles. The molecular weight excluding hydrogens is 384 g/mol. The number of pyridine rings is 1. The van der Waals surface area contributed by atoms with E-state index >= 15 is 0 Å². The molecule has 8 heteroatoms. The van der Waals surface area contributed by atoms with E-state index < -0.39 is 0 Å². The number of thiophene rings is 1. The lowest BCUT2D eigenvalue weighted by Gasteiger charge is -2.23. The Labute approximate surface area is 175 Å². The molecule has 0 unspecified atom stereocenters. The van der Waals surface area contributed by atoms with Crippen molar-refractivity contribution in [1.29, 1.82) is 0 Å². The number of aryl methyl sites for hydroxylation is 1. The van der Waals surface area contributed by atoms with Crippen LogP contribution in [0.4, 0.5) is 11.6 Å². The van der Waals surface area contributed by atoms with Crippen molar-refractivity contribution in [3.63, 3.8) is 0 Å². The summed E-state index contributed by atoms with van der Waals surface area (Å²) in [5.41, 5.74) is 4.08. The predicted octanol–water partition coefficient (Wildman–Crippen LogP) is 0.930. The van der Waals surface area contributed by atoms with Gasteiger partial charge in [-0.2, -0.15) is 0 Å². The van der Waals surface area contributed by atoms with E-state index in [2.05, 4.69) is 34.3 Å². The molecule has 1 saturated heterocycles. The monoisotopic (exact) mass is 414 g/mol. The van der Waals surface area contributed by atoms with E-state index in [4.69, 9.17) is 9.72 Å². The maximum absolute atomic E-state index is 5.57. The lowest BCUT2D eigenvalue weighted by Crippen LogP contribution is -3.05. The molecule has 1 aliphatic carbocycles. The van der Waals surface area contributed by atoms with Crippen molar-refractivity contribution in [3.8, 4) is 0 Å². The molecule has 0 amide bonds. The van der Waals surface area contributed by atoms with Crippen LogP contribution in [0.1, 0.15) is 24.0 Å². The Hall–Kier alpha value is -2.03. The summed E-state index contributed by atoms with van der Waals surface area (Å²) in [6.45, 7) is 5.62. The van der Waals surface area contributed by atoms with Crippen molar-refractivity contribution in [3.05, 3.63) is 17.5 Å². The van der Waals surface area contributed by atoms with E-state index in [1.54, 1.807) is 17.7 Å². The number of H-pyrrole nitrogens is 1. The van der Waals surface area contributed by atoms with Gasteiger partial charge in [0.1, 0.15) is 29.9 Å². The van der Waals surface area contributed by atoms with E-state index in [9.17, 15) is 0 Å². The van der Waals surface area contributed by atoms with Crippen LogP contribution in [0.5, 0.6) is 0 Å². The van der Waals surface area contributed by atoms with Gasteiger partial charge in [-0.3, -0.25) is 4.90 Å². The first-order valence-electron chi connectivity index (χ1n) is 10.7. The van der Waals surface area contributed by atoms with Crippen LogP contribution in [0.3, 0.4) is 0 Å². The van der Waals surface area contributed by atoms with Crippen LogP contribution < -0.4 is 20.1 Å². The Bertz CT molecular complexity index is 1030. The van der Waals surface area contributed by atoms with Gasteiger partial charge in [-0.15, -0.1) is 0 Å². The number of fused-ring (bicyclic) bond motifs is 5. The molecule has 0 atom stereocenters. The van der Waals surface area contributed by atoms with Gasteiger partial charge in [-0.1, -0.05) is 11.3 Å². The summed E-state index contributed by atoms with van der Waals surface area (Å²) < 4.78 is 6.74. The van der Waals surface area contributed by atoms with Crippen LogP contribution in [-0.2, 0) is 17.6 Å². The summed E-state index contributed by atoms with van der Waals surface area (Å²) >= 11 is 1.79. The van der Waals surface area contributed by atoms with Crippen LogP contribution >= 0.6 is 11.3 Å². The minimum absolute atomic E-state index is 0.807. The Morgan fingerprint density at radius 2 is 2.03 bits per heavy atom. The van der Waals surface area contributed by atoms with E-state index in [1.165, 1.54) is 43.2 Å². The molecule has 3 aromatic heterocycles. The zero-order chi connectivity index (χ0) is 19.8. The van der Waals surface area contributed by atoms with Crippen molar-refractivity contribution in [2.45, 2.75) is 25.7 Å². The number of nitrogens with zero attached hydrogens (tertiary/aromatic N) is 3. The number of rotatable bonds is 6. The summed E-state index contributed by atoms with van der Waals surface area (Å²) in [7, 11) is 4.38. The van der Waals surface area contributed by atoms with Crippen molar-refractivity contribution in [2.24, 2.45) is 0 Å². The van der Waals surface area contributed by atoms with Gasteiger partial charge in [-0.25, -0.2) is 15.0 Å². The topological polar surface area (TPSA) is 68.9 Å². The van der Waals surface area contributed by atoms with E-state index in [1.807, 2.05) is 0 Å². The van der Waals surface area contributed by atoms with Crippen LogP contribution in [0.2, 0.25) is 0 Å². The van der Waals surface area contributed by atoms with E-state index in [-0.39, 0.29) is 0 Å². The molecule has 0 bridgehead atoms. The van der Waals surface area contributed by atoms with E-state index in [0.717, 1.165) is 70.0 Å². The van der Waals surface area contributed by atoms with Crippen LogP contribution in [-0.4, -0.2) is 63.5 Å². The largest absolute Gasteiger partial charge is 0.373 e. The van der Waals surface area contributed by atoms with Crippen LogP contribution in [0, 0.1) is 0 Å². The molecule has 1 aliphatic heterocycles. The highest BCUT2D eigenvalue weighted by Crippen LogP contribution is 2.41. The maximum Gasteiger partial charge on any atom is 0.279 e. The fraction of sp³-hybridized carbons (Fsp3) is 0.571. The molecule has 154 valence electrons. The third kappa shape index (κ3) is 3.53. The number of quaternary nitrogens is 1. The quantitative estimate of drug-likeness (QED) is 0.588. The van der Waals surface area contributed by atoms with Crippen LogP contribution in [0.25, 0.3) is 20.4 Å². The number of ether oxygens (including phenoxy) is 1. The molecule has 29 heavy (non-hydrogen) atoms. The number of aromatic nitrogens is 3. The fourth-order valence-corrected chi connectivity index (χ4v) is 5.72. The number of morpholine rings is 1. The van der Waals surface area contributed by atoms with Crippen molar-refractivity contribution < 1.29 is 14.6 Å². The van der Waals surface area contributed by atoms with Gasteiger partial charge in [-0.05, 0) is 24.8 Å². The standard InChI is InChI=1S/C21H28N6OS/c1-26(2)8-4-7-22-19-18-17(23-13-24-19)16-14-5-3-6-15(14)20(25-21(16)29-18)27-9-11-28-12-10-27/h13H,3-12H2,1-2H3,(H,22,23,24)/p+2. The molecule has 7 nitrogen and oxygen atoms in total. The van der Waals surface area contributed by atoms with Crippen molar-refractivity contribution >= 4 is 43.4 Å². The number of hydrogen-bond donors (Lipinski definition) is 2. The molecule has 0 aromatic carbocycles. The molecule has 0 spiro atoms. The first-order chi connectivity index (χ1) is 14.2. The highest BCUT2D eigenvalue weighted by atomic mass is 32.1. The Balaban J connectivity index is 1.56. The smallest absolute Gasteiger partial charge is 0.279 e. The number of aromatic amines is 1. The summed E-state index contributed by atoms with van der Waals surface area (Å²) in [6, 6.07) is 0. The third-order valence-corrected chi connectivity index (χ3v) is 7.08. The van der Waals surface area contributed by atoms with Gasteiger partial charge in [0.25, 0.3) is 5.82 Å². The SMILES string of the molecule is C[NH+](C)CCCNc1ncnc2c1sc1[nH+]c(N3CCOCC3)c3c(c12)CCC3. The van der Waals surface area contributed by atoms with Crippen LogP contribution in [0.15, 0.2) is 6.33 Å². The summed E-state index contributed by atoms with van der Waals surface area (Å²) in [4.78, 5) is 18.2. The fourth-order valence-electron chi connectivity index (χ4n) is 4.57. The molecule has 3 aromatic rings. The zero-order valence-electron chi connectivity index (χ0n) is 17.3. The summed E-state index contributed by atoms with van der Waals surface area (Å²) in [5, 5.41) is 4.87. The second-order valence-corrected chi connectivity index (χ2v) is 9.35.